The highest BCUT2D eigenvalue weighted by Gasteiger charge is 2.33. The number of hydrogen-bond donors (Lipinski definition) is 1. The molecule has 0 spiro atoms. The Morgan fingerprint density at radius 1 is 1.41 bits per heavy atom. The van der Waals surface area contributed by atoms with E-state index in [1.807, 2.05) is 0 Å². The lowest BCUT2D eigenvalue weighted by atomic mass is 10.0. The molecule has 0 radical (unpaired) electrons. The van der Waals surface area contributed by atoms with Crippen LogP contribution < -0.4 is 5.73 Å². The maximum atomic E-state index is 12.5. The molecule has 0 aromatic heterocycles. The van der Waals surface area contributed by atoms with Crippen molar-refractivity contribution in [1.29, 1.82) is 0 Å². The van der Waals surface area contributed by atoms with Crippen molar-refractivity contribution in [3.05, 3.63) is 47.0 Å². The van der Waals surface area contributed by atoms with E-state index in [2.05, 4.69) is 6.58 Å². The third-order valence-corrected chi connectivity index (χ3v) is 2.72. The minimum Gasteiger partial charge on any atom is -0.324 e. The molecule has 94 valence electrons. The zero-order valence-electron chi connectivity index (χ0n) is 9.10. The fourth-order valence-electron chi connectivity index (χ4n) is 1.46. The Bertz CT molecular complexity index is 401. The van der Waals surface area contributed by atoms with Gasteiger partial charge in [0, 0.05) is 6.04 Å². The lowest BCUT2D eigenvalue weighted by molar-refractivity contribution is -0.137. The number of benzene rings is 1. The second kappa shape index (κ2) is 5.56. The van der Waals surface area contributed by atoms with Gasteiger partial charge in [-0.3, -0.25) is 0 Å². The lowest BCUT2D eigenvalue weighted by Gasteiger charge is -2.14. The van der Waals surface area contributed by atoms with Crippen LogP contribution >= 0.6 is 11.6 Å². The summed E-state index contributed by atoms with van der Waals surface area (Å²) in [4.78, 5) is 0. The number of alkyl halides is 3. The first-order valence-electron chi connectivity index (χ1n) is 5.09. The first-order valence-corrected chi connectivity index (χ1v) is 5.47. The van der Waals surface area contributed by atoms with Crippen molar-refractivity contribution in [3.8, 4) is 0 Å². The third kappa shape index (κ3) is 3.75. The number of halogens is 4. The van der Waals surface area contributed by atoms with E-state index < -0.39 is 11.7 Å². The van der Waals surface area contributed by atoms with Gasteiger partial charge in [-0.15, -0.1) is 6.58 Å². The summed E-state index contributed by atoms with van der Waals surface area (Å²) >= 11 is 5.60. The first-order chi connectivity index (χ1) is 7.86. The molecule has 0 fully saturated rings. The van der Waals surface area contributed by atoms with Crippen LogP contribution in [-0.4, -0.2) is 0 Å². The van der Waals surface area contributed by atoms with Gasteiger partial charge >= 0.3 is 6.18 Å². The van der Waals surface area contributed by atoms with Crippen molar-refractivity contribution in [2.45, 2.75) is 25.1 Å². The molecule has 0 amide bonds. The van der Waals surface area contributed by atoms with Crippen LogP contribution in [-0.2, 0) is 6.18 Å². The van der Waals surface area contributed by atoms with Crippen molar-refractivity contribution in [3.63, 3.8) is 0 Å². The summed E-state index contributed by atoms with van der Waals surface area (Å²) < 4.78 is 37.4. The van der Waals surface area contributed by atoms with E-state index in [9.17, 15) is 13.2 Å². The summed E-state index contributed by atoms with van der Waals surface area (Å²) in [6, 6.07) is 3.28. The summed E-state index contributed by atoms with van der Waals surface area (Å²) in [7, 11) is 0. The predicted octanol–water partition coefficient (Wildman–Crippen LogP) is 4.32. The van der Waals surface area contributed by atoms with Crippen LogP contribution in [0.1, 0.15) is 30.0 Å². The number of rotatable bonds is 4. The van der Waals surface area contributed by atoms with Crippen LogP contribution in [0.25, 0.3) is 0 Å². The van der Waals surface area contributed by atoms with Crippen LogP contribution in [0, 0.1) is 0 Å². The molecule has 1 atom stereocenters. The molecule has 0 bridgehead atoms. The van der Waals surface area contributed by atoms with Crippen LogP contribution in [0.3, 0.4) is 0 Å². The maximum Gasteiger partial charge on any atom is 0.417 e. The largest absolute Gasteiger partial charge is 0.417 e. The van der Waals surface area contributed by atoms with Gasteiger partial charge in [0.2, 0.25) is 0 Å². The molecule has 1 nitrogen and oxygen atoms in total. The van der Waals surface area contributed by atoms with Gasteiger partial charge in [-0.05, 0) is 30.5 Å². The van der Waals surface area contributed by atoms with Crippen molar-refractivity contribution in [1.82, 2.24) is 0 Å². The summed E-state index contributed by atoms with van der Waals surface area (Å²) in [5, 5.41) is -0.316. The molecule has 2 N–H and O–H groups in total. The molecule has 0 unspecified atom stereocenters. The Balaban J connectivity index is 2.92. The molecular weight excluding hydrogens is 251 g/mol. The zero-order valence-corrected chi connectivity index (χ0v) is 9.85. The number of nitrogens with two attached hydrogens (primary N) is 1. The summed E-state index contributed by atoms with van der Waals surface area (Å²) in [6.07, 6.45) is -1.38. The Morgan fingerprint density at radius 3 is 2.53 bits per heavy atom. The van der Waals surface area contributed by atoms with E-state index in [1.165, 1.54) is 12.1 Å². The molecule has 0 aliphatic carbocycles. The van der Waals surface area contributed by atoms with Crippen molar-refractivity contribution in [2.75, 3.05) is 0 Å². The maximum absolute atomic E-state index is 12.5. The molecule has 5 heteroatoms. The third-order valence-electron chi connectivity index (χ3n) is 2.41. The zero-order chi connectivity index (χ0) is 13.1. The van der Waals surface area contributed by atoms with E-state index in [1.54, 1.807) is 6.08 Å². The lowest BCUT2D eigenvalue weighted by Crippen LogP contribution is -2.11. The SMILES string of the molecule is C=CCC[C@H](N)c1ccc(C(F)(F)F)c(Cl)c1. The fraction of sp³-hybridized carbons (Fsp3) is 0.333. The summed E-state index contributed by atoms with van der Waals surface area (Å²) in [5.41, 5.74) is 5.59. The number of hydrogen-bond acceptors (Lipinski definition) is 1. The molecule has 1 rings (SSSR count). The van der Waals surface area contributed by atoms with Crippen LogP contribution in [0.2, 0.25) is 5.02 Å². The van der Waals surface area contributed by atoms with E-state index >= 15 is 0 Å². The molecule has 0 heterocycles. The van der Waals surface area contributed by atoms with Gasteiger partial charge in [0.25, 0.3) is 0 Å². The number of allylic oxidation sites excluding steroid dienone is 1. The minimum absolute atomic E-state index is 0.316. The molecule has 1 aromatic carbocycles. The van der Waals surface area contributed by atoms with Crippen LogP contribution in [0.4, 0.5) is 13.2 Å². The molecule has 17 heavy (non-hydrogen) atoms. The van der Waals surface area contributed by atoms with Gasteiger partial charge in [-0.25, -0.2) is 0 Å². The summed E-state index contributed by atoms with van der Waals surface area (Å²) in [5.74, 6) is 0. The van der Waals surface area contributed by atoms with Crippen molar-refractivity contribution >= 4 is 11.6 Å². The summed E-state index contributed by atoms with van der Waals surface area (Å²) in [6.45, 7) is 3.56. The van der Waals surface area contributed by atoms with Gasteiger partial charge in [0.15, 0.2) is 0 Å². The Morgan fingerprint density at radius 2 is 2.06 bits per heavy atom. The van der Waals surface area contributed by atoms with E-state index in [-0.39, 0.29) is 11.1 Å². The average Bonchev–Trinajstić information content (AvgIpc) is 2.23. The molecule has 0 aliphatic rings. The monoisotopic (exact) mass is 263 g/mol. The van der Waals surface area contributed by atoms with Gasteiger partial charge in [0.1, 0.15) is 0 Å². The second-order valence-electron chi connectivity index (χ2n) is 3.71. The standard InChI is InChI=1S/C12H13ClF3N/c1-2-3-4-11(17)8-5-6-9(10(13)7-8)12(14,15)16/h2,5-7,11H,1,3-4,17H2/t11-/m0/s1. The highest BCUT2D eigenvalue weighted by atomic mass is 35.5. The Hall–Kier alpha value is -1.00. The van der Waals surface area contributed by atoms with E-state index in [0.29, 0.717) is 18.4 Å². The van der Waals surface area contributed by atoms with E-state index in [4.69, 9.17) is 17.3 Å². The first kappa shape index (κ1) is 14.1. The average molecular weight is 264 g/mol. The molecule has 0 aliphatic heterocycles. The predicted molar refractivity (Wildman–Crippen MR) is 62.8 cm³/mol. The molecule has 1 aromatic rings. The normalized spacial score (nSPS) is 13.5. The van der Waals surface area contributed by atoms with Gasteiger partial charge in [0.05, 0.1) is 10.6 Å². The second-order valence-corrected chi connectivity index (χ2v) is 4.12. The Labute approximate surface area is 103 Å². The van der Waals surface area contributed by atoms with Crippen LogP contribution in [0.5, 0.6) is 0 Å². The van der Waals surface area contributed by atoms with Gasteiger partial charge < -0.3 is 5.73 Å². The van der Waals surface area contributed by atoms with Crippen molar-refractivity contribution in [2.24, 2.45) is 5.73 Å². The Kier molecular flexibility index (Phi) is 4.60. The smallest absolute Gasteiger partial charge is 0.324 e. The van der Waals surface area contributed by atoms with Crippen molar-refractivity contribution < 1.29 is 13.2 Å². The highest BCUT2D eigenvalue weighted by molar-refractivity contribution is 6.31. The molecule has 0 saturated carbocycles. The fourth-order valence-corrected chi connectivity index (χ4v) is 1.75. The van der Waals surface area contributed by atoms with Crippen LogP contribution in [0.15, 0.2) is 30.9 Å². The minimum atomic E-state index is -4.43. The van der Waals surface area contributed by atoms with Gasteiger partial charge in [-0.1, -0.05) is 23.7 Å². The van der Waals surface area contributed by atoms with Gasteiger partial charge in [-0.2, -0.15) is 13.2 Å². The molecule has 0 saturated heterocycles. The molecular formula is C12H13ClF3N. The highest BCUT2D eigenvalue weighted by Crippen LogP contribution is 2.35. The topological polar surface area (TPSA) is 26.0 Å². The van der Waals surface area contributed by atoms with E-state index in [0.717, 1.165) is 6.07 Å². The quantitative estimate of drug-likeness (QED) is 0.804.